The van der Waals surface area contributed by atoms with Crippen molar-refractivity contribution in [3.63, 3.8) is 0 Å². The lowest BCUT2D eigenvalue weighted by molar-refractivity contribution is -0.140. The van der Waals surface area contributed by atoms with Crippen molar-refractivity contribution in [3.05, 3.63) is 95.0 Å². The van der Waals surface area contributed by atoms with E-state index in [0.717, 1.165) is 21.9 Å². The number of hydrogen-bond acceptors (Lipinski definition) is 4. The van der Waals surface area contributed by atoms with Crippen molar-refractivity contribution in [2.45, 2.75) is 64.1 Å². The lowest BCUT2D eigenvalue weighted by Gasteiger charge is -2.34. The standard InChI is InChI=1S/C30H36ClN3O4S/c1-5-23(4)32-30(36)27(6-2)33(20-24-14-12-13-22(3)19-24)29(35)21-34(28-18-11-10-17-26(28)31)39(37,38)25-15-8-7-9-16-25/h7-19,23,27H,5-6,20-21H2,1-4H3,(H,32,36)/t23-,27-/m1/s1. The first-order valence-electron chi connectivity index (χ1n) is 13.1. The third kappa shape index (κ3) is 7.61. The summed E-state index contributed by atoms with van der Waals surface area (Å²) in [5.74, 6) is -0.787. The first-order chi connectivity index (χ1) is 18.6. The van der Waals surface area contributed by atoms with E-state index in [0.29, 0.717) is 6.42 Å². The Balaban J connectivity index is 2.06. The summed E-state index contributed by atoms with van der Waals surface area (Å²) in [7, 11) is -4.16. The summed E-state index contributed by atoms with van der Waals surface area (Å²) < 4.78 is 28.7. The number of hydrogen-bond donors (Lipinski definition) is 1. The van der Waals surface area contributed by atoms with Crippen LogP contribution in [0.4, 0.5) is 5.69 Å². The van der Waals surface area contributed by atoms with Gasteiger partial charge in [0.15, 0.2) is 0 Å². The molecule has 0 spiro atoms. The highest BCUT2D eigenvalue weighted by molar-refractivity contribution is 7.92. The average Bonchev–Trinajstić information content (AvgIpc) is 2.92. The minimum Gasteiger partial charge on any atom is -0.352 e. The molecule has 39 heavy (non-hydrogen) atoms. The van der Waals surface area contributed by atoms with Crippen molar-refractivity contribution in [1.82, 2.24) is 10.2 Å². The molecule has 0 aliphatic carbocycles. The molecule has 2 atom stereocenters. The minimum absolute atomic E-state index is 0.0320. The van der Waals surface area contributed by atoms with Crippen molar-refractivity contribution >= 4 is 39.1 Å². The summed E-state index contributed by atoms with van der Waals surface area (Å²) >= 11 is 6.44. The number of anilines is 1. The molecule has 0 fully saturated rings. The predicted molar refractivity (Wildman–Crippen MR) is 156 cm³/mol. The number of carbonyl (C=O) groups excluding carboxylic acids is 2. The maximum atomic E-state index is 14.1. The van der Waals surface area contributed by atoms with Crippen LogP contribution >= 0.6 is 11.6 Å². The van der Waals surface area contributed by atoms with Crippen LogP contribution < -0.4 is 9.62 Å². The molecule has 0 heterocycles. The molecule has 2 amide bonds. The normalized spacial score (nSPS) is 12.8. The van der Waals surface area contributed by atoms with Gasteiger partial charge in [-0.2, -0.15) is 0 Å². The van der Waals surface area contributed by atoms with Gasteiger partial charge in [0.1, 0.15) is 12.6 Å². The zero-order chi connectivity index (χ0) is 28.6. The van der Waals surface area contributed by atoms with Gasteiger partial charge in [-0.25, -0.2) is 8.42 Å². The molecular formula is C30H36ClN3O4S. The van der Waals surface area contributed by atoms with Gasteiger partial charge in [-0.05, 0) is 56.5 Å². The molecule has 1 N–H and O–H groups in total. The van der Waals surface area contributed by atoms with Gasteiger partial charge >= 0.3 is 0 Å². The van der Waals surface area contributed by atoms with Crippen LogP contribution in [-0.2, 0) is 26.2 Å². The Morgan fingerprint density at radius 1 is 0.923 bits per heavy atom. The molecule has 0 aliphatic heterocycles. The van der Waals surface area contributed by atoms with Crippen LogP contribution in [0.5, 0.6) is 0 Å². The monoisotopic (exact) mass is 569 g/mol. The van der Waals surface area contributed by atoms with Gasteiger partial charge in [0, 0.05) is 12.6 Å². The summed E-state index contributed by atoms with van der Waals surface area (Å²) in [6.07, 6.45) is 1.10. The third-order valence-electron chi connectivity index (χ3n) is 6.55. The molecule has 208 valence electrons. The molecule has 0 saturated carbocycles. The molecular weight excluding hydrogens is 534 g/mol. The Labute approximate surface area is 236 Å². The van der Waals surface area contributed by atoms with Crippen molar-refractivity contribution in [2.24, 2.45) is 0 Å². The van der Waals surface area contributed by atoms with E-state index in [1.54, 1.807) is 42.5 Å². The molecule has 0 aromatic heterocycles. The summed E-state index contributed by atoms with van der Waals surface area (Å²) in [5, 5.41) is 3.17. The number of sulfonamides is 1. The number of para-hydroxylation sites is 1. The second kappa shape index (κ2) is 13.6. The van der Waals surface area contributed by atoms with Crippen LogP contribution in [0.15, 0.2) is 83.8 Å². The SMILES string of the molecule is CC[C@@H](C)NC(=O)[C@@H](CC)N(Cc1cccc(C)c1)C(=O)CN(c1ccccc1Cl)S(=O)(=O)c1ccccc1. The van der Waals surface area contributed by atoms with Crippen molar-refractivity contribution in [3.8, 4) is 0 Å². The quantitative estimate of drug-likeness (QED) is 0.309. The van der Waals surface area contributed by atoms with E-state index in [9.17, 15) is 18.0 Å². The zero-order valence-corrected chi connectivity index (χ0v) is 24.4. The summed E-state index contributed by atoms with van der Waals surface area (Å²) in [5.41, 5.74) is 2.04. The van der Waals surface area contributed by atoms with E-state index < -0.39 is 28.5 Å². The van der Waals surface area contributed by atoms with Crippen LogP contribution in [0.25, 0.3) is 0 Å². The first kappa shape index (κ1) is 30.2. The Bertz CT molecular complexity index is 1380. The van der Waals surface area contributed by atoms with Crippen molar-refractivity contribution in [1.29, 1.82) is 0 Å². The van der Waals surface area contributed by atoms with E-state index in [1.807, 2.05) is 52.0 Å². The zero-order valence-electron chi connectivity index (χ0n) is 22.8. The Morgan fingerprint density at radius 2 is 1.59 bits per heavy atom. The number of nitrogens with one attached hydrogen (secondary N) is 1. The fourth-order valence-electron chi connectivity index (χ4n) is 4.25. The third-order valence-corrected chi connectivity index (χ3v) is 8.65. The van der Waals surface area contributed by atoms with Gasteiger partial charge in [-0.1, -0.05) is 85.6 Å². The molecule has 0 bridgehead atoms. The van der Waals surface area contributed by atoms with Gasteiger partial charge in [-0.15, -0.1) is 0 Å². The van der Waals surface area contributed by atoms with Gasteiger partial charge in [0.05, 0.1) is 15.6 Å². The van der Waals surface area contributed by atoms with Gasteiger partial charge in [-0.3, -0.25) is 13.9 Å². The highest BCUT2D eigenvalue weighted by Gasteiger charge is 2.34. The van der Waals surface area contributed by atoms with Crippen LogP contribution in [0.2, 0.25) is 5.02 Å². The van der Waals surface area contributed by atoms with Crippen molar-refractivity contribution in [2.75, 3.05) is 10.8 Å². The van der Waals surface area contributed by atoms with Crippen molar-refractivity contribution < 1.29 is 18.0 Å². The number of aryl methyl sites for hydroxylation is 1. The number of amides is 2. The molecule has 9 heteroatoms. The number of halogens is 1. The highest BCUT2D eigenvalue weighted by atomic mass is 35.5. The van der Waals surface area contributed by atoms with Gasteiger partial charge in [0.2, 0.25) is 11.8 Å². The summed E-state index contributed by atoms with van der Waals surface area (Å²) in [6.45, 7) is 7.28. The van der Waals surface area contributed by atoms with Crippen LogP contribution in [-0.4, -0.2) is 43.8 Å². The van der Waals surface area contributed by atoms with Crippen LogP contribution in [0, 0.1) is 6.92 Å². The Hall–Kier alpha value is -3.36. The van der Waals surface area contributed by atoms with Crippen LogP contribution in [0.3, 0.4) is 0 Å². The summed E-state index contributed by atoms with van der Waals surface area (Å²) in [4.78, 5) is 28.9. The molecule has 3 rings (SSSR count). The molecule has 3 aromatic carbocycles. The number of rotatable bonds is 12. The second-order valence-corrected chi connectivity index (χ2v) is 11.8. The van der Waals surface area contributed by atoms with E-state index in [2.05, 4.69) is 5.32 Å². The Kier molecular flexibility index (Phi) is 10.5. The number of nitrogens with zero attached hydrogens (tertiary/aromatic N) is 2. The van der Waals surface area contributed by atoms with E-state index in [-0.39, 0.29) is 34.1 Å². The predicted octanol–water partition coefficient (Wildman–Crippen LogP) is 5.57. The molecule has 7 nitrogen and oxygen atoms in total. The minimum atomic E-state index is -4.16. The second-order valence-electron chi connectivity index (χ2n) is 9.53. The molecule has 0 aliphatic rings. The lowest BCUT2D eigenvalue weighted by atomic mass is 10.1. The lowest BCUT2D eigenvalue weighted by Crippen LogP contribution is -2.53. The van der Waals surface area contributed by atoms with E-state index in [1.165, 1.54) is 17.0 Å². The maximum Gasteiger partial charge on any atom is 0.264 e. The first-order valence-corrected chi connectivity index (χ1v) is 14.9. The molecule has 0 saturated heterocycles. The number of benzene rings is 3. The van der Waals surface area contributed by atoms with Gasteiger partial charge in [0.25, 0.3) is 10.0 Å². The number of carbonyl (C=O) groups is 2. The largest absolute Gasteiger partial charge is 0.352 e. The Morgan fingerprint density at radius 3 is 2.21 bits per heavy atom. The molecule has 0 unspecified atom stereocenters. The van der Waals surface area contributed by atoms with E-state index in [4.69, 9.17) is 11.6 Å². The fraction of sp³-hybridized carbons (Fsp3) is 0.333. The topological polar surface area (TPSA) is 86.8 Å². The highest BCUT2D eigenvalue weighted by Crippen LogP contribution is 2.30. The maximum absolute atomic E-state index is 14.1. The summed E-state index contributed by atoms with van der Waals surface area (Å²) in [6, 6.07) is 21.2. The molecule has 0 radical (unpaired) electrons. The van der Waals surface area contributed by atoms with Crippen LogP contribution in [0.1, 0.15) is 44.7 Å². The fourth-order valence-corrected chi connectivity index (χ4v) is 6.00. The molecule has 3 aromatic rings. The van der Waals surface area contributed by atoms with E-state index >= 15 is 0 Å². The average molecular weight is 570 g/mol. The smallest absolute Gasteiger partial charge is 0.264 e. The van der Waals surface area contributed by atoms with Gasteiger partial charge < -0.3 is 10.2 Å².